The Balaban J connectivity index is 2.19. The number of carbonyl (C=O) groups excluding carboxylic acids is 1. The zero-order valence-electron chi connectivity index (χ0n) is 9.25. The number of ketones is 1. The van der Waals surface area contributed by atoms with Crippen LogP contribution >= 0.6 is 0 Å². The molecule has 0 spiro atoms. The number of rotatable bonds is 7. The second-order valence-electron chi connectivity index (χ2n) is 3.77. The van der Waals surface area contributed by atoms with E-state index < -0.39 is 0 Å². The predicted octanol–water partition coefficient (Wildman–Crippen LogP) is 2.54. The Morgan fingerprint density at radius 3 is 2.73 bits per heavy atom. The minimum absolute atomic E-state index is 0.107. The molecule has 0 unspecified atom stereocenters. The maximum Gasteiger partial charge on any atom is 0.197 e. The van der Waals surface area contributed by atoms with Crippen LogP contribution in [0.15, 0.2) is 6.20 Å². The Kier molecular flexibility index (Phi) is 4.87. The van der Waals surface area contributed by atoms with Gasteiger partial charge in [-0.15, -0.1) is 0 Å². The number of aromatic amines is 1. The first kappa shape index (κ1) is 11.8. The molecule has 0 saturated heterocycles. The van der Waals surface area contributed by atoms with Crippen molar-refractivity contribution in [2.45, 2.75) is 45.4 Å². The molecule has 1 aromatic heterocycles. The first-order valence-electron chi connectivity index (χ1n) is 5.57. The number of H-pyrrole nitrogens is 1. The molecule has 0 amide bonds. The minimum atomic E-state index is 0.107. The highest BCUT2D eigenvalue weighted by Gasteiger charge is 2.07. The standard InChI is InChI=1S/C11H19N3O/c1-2-3-4-5-6-7-10(15)9-8-13-11(12)14-9/h8H,2-7H2,1H3,(H3,12,13,14). The molecule has 0 atom stereocenters. The third-order valence-corrected chi connectivity index (χ3v) is 2.40. The number of aromatic nitrogens is 2. The summed E-state index contributed by atoms with van der Waals surface area (Å²) >= 11 is 0. The fourth-order valence-corrected chi connectivity index (χ4v) is 1.50. The van der Waals surface area contributed by atoms with E-state index in [1.165, 1.54) is 25.5 Å². The zero-order chi connectivity index (χ0) is 11.1. The van der Waals surface area contributed by atoms with Gasteiger partial charge in [-0.2, -0.15) is 0 Å². The number of unbranched alkanes of at least 4 members (excludes halogenated alkanes) is 4. The molecule has 15 heavy (non-hydrogen) atoms. The lowest BCUT2D eigenvalue weighted by molar-refractivity contribution is 0.0975. The molecule has 0 aliphatic rings. The Morgan fingerprint density at radius 1 is 1.40 bits per heavy atom. The largest absolute Gasteiger partial charge is 0.369 e. The summed E-state index contributed by atoms with van der Waals surface area (Å²) in [6.07, 6.45) is 7.88. The maximum atomic E-state index is 11.6. The van der Waals surface area contributed by atoms with Crippen LogP contribution in [0.25, 0.3) is 0 Å². The number of nitrogens with two attached hydrogens (primary N) is 1. The molecule has 4 heteroatoms. The molecule has 0 bridgehead atoms. The van der Waals surface area contributed by atoms with E-state index in [0.29, 0.717) is 18.1 Å². The topological polar surface area (TPSA) is 71.8 Å². The van der Waals surface area contributed by atoms with E-state index in [2.05, 4.69) is 16.9 Å². The van der Waals surface area contributed by atoms with Gasteiger partial charge in [0.15, 0.2) is 11.7 Å². The monoisotopic (exact) mass is 209 g/mol. The van der Waals surface area contributed by atoms with Gasteiger partial charge in [0.05, 0.1) is 6.20 Å². The van der Waals surface area contributed by atoms with Gasteiger partial charge >= 0.3 is 0 Å². The highest BCUT2D eigenvalue weighted by Crippen LogP contribution is 2.09. The van der Waals surface area contributed by atoms with Crippen molar-refractivity contribution in [3.63, 3.8) is 0 Å². The summed E-state index contributed by atoms with van der Waals surface area (Å²) in [6.45, 7) is 2.18. The van der Waals surface area contributed by atoms with E-state index in [0.717, 1.165) is 12.8 Å². The second kappa shape index (κ2) is 6.22. The molecule has 3 N–H and O–H groups in total. The van der Waals surface area contributed by atoms with Gasteiger partial charge in [-0.3, -0.25) is 4.79 Å². The van der Waals surface area contributed by atoms with E-state index in [9.17, 15) is 4.79 Å². The van der Waals surface area contributed by atoms with Gasteiger partial charge < -0.3 is 10.7 Å². The van der Waals surface area contributed by atoms with Crippen molar-refractivity contribution in [1.82, 2.24) is 9.97 Å². The second-order valence-corrected chi connectivity index (χ2v) is 3.77. The van der Waals surface area contributed by atoms with Gasteiger partial charge in [-0.1, -0.05) is 32.6 Å². The summed E-state index contributed by atoms with van der Waals surface area (Å²) in [5.41, 5.74) is 5.92. The van der Waals surface area contributed by atoms with E-state index in [4.69, 9.17) is 5.73 Å². The van der Waals surface area contributed by atoms with Gasteiger partial charge in [0.25, 0.3) is 0 Å². The van der Waals surface area contributed by atoms with Crippen LogP contribution in [0.5, 0.6) is 0 Å². The number of nitrogens with one attached hydrogen (secondary N) is 1. The molecular weight excluding hydrogens is 190 g/mol. The highest BCUT2D eigenvalue weighted by atomic mass is 16.1. The zero-order valence-corrected chi connectivity index (χ0v) is 9.25. The van der Waals surface area contributed by atoms with Crippen molar-refractivity contribution in [3.05, 3.63) is 11.9 Å². The summed E-state index contributed by atoms with van der Waals surface area (Å²) in [6, 6.07) is 0. The Hall–Kier alpha value is -1.32. The van der Waals surface area contributed by atoms with Crippen LogP contribution in [0.1, 0.15) is 55.9 Å². The fraction of sp³-hybridized carbons (Fsp3) is 0.636. The van der Waals surface area contributed by atoms with Crippen LogP contribution in [0, 0.1) is 0 Å². The lowest BCUT2D eigenvalue weighted by atomic mass is 10.1. The predicted molar refractivity (Wildman–Crippen MR) is 60.7 cm³/mol. The van der Waals surface area contributed by atoms with Crippen LogP contribution in [0.4, 0.5) is 5.95 Å². The number of nitrogen functional groups attached to an aromatic ring is 1. The highest BCUT2D eigenvalue weighted by molar-refractivity contribution is 5.94. The average Bonchev–Trinajstić information content (AvgIpc) is 2.64. The minimum Gasteiger partial charge on any atom is -0.369 e. The summed E-state index contributed by atoms with van der Waals surface area (Å²) < 4.78 is 0. The van der Waals surface area contributed by atoms with E-state index in [1.807, 2.05) is 0 Å². The molecule has 4 nitrogen and oxygen atoms in total. The molecule has 0 fully saturated rings. The number of hydrogen-bond donors (Lipinski definition) is 2. The summed E-state index contributed by atoms with van der Waals surface area (Å²) in [7, 11) is 0. The van der Waals surface area contributed by atoms with Crippen molar-refractivity contribution < 1.29 is 4.79 Å². The van der Waals surface area contributed by atoms with Crippen molar-refractivity contribution in [1.29, 1.82) is 0 Å². The first-order valence-corrected chi connectivity index (χ1v) is 5.57. The van der Waals surface area contributed by atoms with Crippen LogP contribution in [0.2, 0.25) is 0 Å². The molecule has 0 aliphatic carbocycles. The molecular formula is C11H19N3O. The van der Waals surface area contributed by atoms with Gasteiger partial charge in [0, 0.05) is 6.42 Å². The average molecular weight is 209 g/mol. The Morgan fingerprint density at radius 2 is 2.13 bits per heavy atom. The quantitative estimate of drug-likeness (QED) is 0.535. The van der Waals surface area contributed by atoms with Crippen molar-refractivity contribution >= 4 is 11.7 Å². The number of carbonyl (C=O) groups is 1. The lowest BCUT2D eigenvalue weighted by Crippen LogP contribution is -1.99. The van der Waals surface area contributed by atoms with E-state index in [-0.39, 0.29) is 5.78 Å². The normalized spacial score (nSPS) is 10.5. The molecule has 84 valence electrons. The van der Waals surface area contributed by atoms with Gasteiger partial charge in [0.1, 0.15) is 5.69 Å². The lowest BCUT2D eigenvalue weighted by Gasteiger charge is -1.98. The molecule has 1 heterocycles. The molecule has 0 saturated carbocycles. The summed E-state index contributed by atoms with van der Waals surface area (Å²) in [5.74, 6) is 0.417. The number of nitrogens with zero attached hydrogens (tertiary/aromatic N) is 1. The summed E-state index contributed by atoms with van der Waals surface area (Å²) in [4.78, 5) is 18.1. The van der Waals surface area contributed by atoms with Crippen molar-refractivity contribution in [2.75, 3.05) is 5.73 Å². The number of Topliss-reactive ketones (excluding diaryl/α,β-unsaturated/α-hetero) is 1. The number of hydrogen-bond acceptors (Lipinski definition) is 3. The number of imidazole rings is 1. The van der Waals surface area contributed by atoms with Gasteiger partial charge in [-0.25, -0.2) is 4.98 Å². The Bertz CT molecular complexity index is 307. The third-order valence-electron chi connectivity index (χ3n) is 2.40. The van der Waals surface area contributed by atoms with Crippen LogP contribution < -0.4 is 5.73 Å². The van der Waals surface area contributed by atoms with Crippen molar-refractivity contribution in [2.24, 2.45) is 0 Å². The van der Waals surface area contributed by atoms with E-state index >= 15 is 0 Å². The number of anilines is 1. The maximum absolute atomic E-state index is 11.6. The first-order chi connectivity index (χ1) is 7.24. The molecule has 0 aliphatic heterocycles. The fourth-order valence-electron chi connectivity index (χ4n) is 1.50. The van der Waals surface area contributed by atoms with Gasteiger partial charge in [-0.05, 0) is 6.42 Å². The van der Waals surface area contributed by atoms with Gasteiger partial charge in [0.2, 0.25) is 0 Å². The van der Waals surface area contributed by atoms with E-state index in [1.54, 1.807) is 0 Å². The Labute approximate surface area is 90.3 Å². The molecule has 0 aromatic carbocycles. The summed E-state index contributed by atoms with van der Waals surface area (Å²) in [5, 5.41) is 0. The smallest absolute Gasteiger partial charge is 0.197 e. The molecule has 0 radical (unpaired) electrons. The molecule has 1 aromatic rings. The van der Waals surface area contributed by atoms with Crippen molar-refractivity contribution in [3.8, 4) is 0 Å². The van der Waals surface area contributed by atoms with Crippen LogP contribution in [-0.4, -0.2) is 15.8 Å². The third kappa shape index (κ3) is 4.14. The van der Waals surface area contributed by atoms with Crippen LogP contribution in [-0.2, 0) is 0 Å². The molecule has 1 rings (SSSR count). The SMILES string of the molecule is CCCCCCCC(=O)c1cnc(N)[nH]1. The van der Waals surface area contributed by atoms with Crippen LogP contribution in [0.3, 0.4) is 0 Å².